The second kappa shape index (κ2) is 10.5. The van der Waals surface area contributed by atoms with Gasteiger partial charge in [-0.15, -0.1) is 0 Å². The molecule has 2 aromatic rings. The Bertz CT molecular complexity index is 788. The van der Waals surface area contributed by atoms with Crippen molar-refractivity contribution in [2.24, 2.45) is 0 Å². The van der Waals surface area contributed by atoms with Gasteiger partial charge in [0.1, 0.15) is 17.4 Å². The van der Waals surface area contributed by atoms with Gasteiger partial charge in [-0.2, -0.15) is 0 Å². The van der Waals surface area contributed by atoms with Crippen LogP contribution < -0.4 is 5.32 Å². The molecule has 0 spiro atoms. The first-order valence-electron chi connectivity index (χ1n) is 8.34. The van der Waals surface area contributed by atoms with Crippen molar-refractivity contribution in [3.05, 3.63) is 53.6 Å². The zero-order valence-electron chi connectivity index (χ0n) is 15.2. The lowest BCUT2D eigenvalue weighted by Crippen LogP contribution is -2.25. The van der Waals surface area contributed by atoms with E-state index in [0.717, 1.165) is 30.2 Å². The van der Waals surface area contributed by atoms with E-state index in [2.05, 4.69) is 10.2 Å². The van der Waals surface area contributed by atoms with Crippen molar-refractivity contribution in [1.29, 1.82) is 0 Å². The lowest BCUT2D eigenvalue weighted by Gasteiger charge is -2.10. The van der Waals surface area contributed by atoms with Gasteiger partial charge in [-0.1, -0.05) is 27.7 Å². The van der Waals surface area contributed by atoms with Crippen LogP contribution in [0.4, 0.5) is 8.78 Å². The third-order valence-corrected chi connectivity index (χ3v) is 6.05. The maximum atomic E-state index is 14.0. The molecule has 0 radical (unpaired) electrons. The zero-order valence-corrected chi connectivity index (χ0v) is 16.8. The van der Waals surface area contributed by atoms with Crippen molar-refractivity contribution >= 4 is 27.5 Å². The van der Waals surface area contributed by atoms with Crippen molar-refractivity contribution in [3.63, 3.8) is 0 Å². The number of hydrogen-bond acceptors (Lipinski definition) is 5. The second-order valence-corrected chi connectivity index (χ2v) is 8.76. The van der Waals surface area contributed by atoms with Gasteiger partial charge in [0.05, 0.1) is 5.56 Å². The summed E-state index contributed by atoms with van der Waals surface area (Å²) >= 11 is 0. The standard InChI is InChI=1S/C19H22F2N2O2S2/c1-23(2)8-10-27-26-9-7-22-19(25)16-11-13(3-6-18(16)24)15-5-4-14(20)12-17(15)21/h3-6,11-12,24H,7-10H2,1-2H3,(H,22,25). The monoisotopic (exact) mass is 412 g/mol. The van der Waals surface area contributed by atoms with E-state index < -0.39 is 17.5 Å². The summed E-state index contributed by atoms with van der Waals surface area (Å²) in [4.78, 5) is 14.4. The number of amides is 1. The number of carbonyl (C=O) groups excluding carboxylic acids is 1. The molecule has 8 heteroatoms. The maximum Gasteiger partial charge on any atom is 0.255 e. The molecule has 2 aromatic carbocycles. The minimum absolute atomic E-state index is 0.0569. The summed E-state index contributed by atoms with van der Waals surface area (Å²) in [7, 11) is 7.44. The van der Waals surface area contributed by atoms with Crippen LogP contribution in [0.15, 0.2) is 36.4 Å². The second-order valence-electron chi connectivity index (χ2n) is 6.06. The summed E-state index contributed by atoms with van der Waals surface area (Å²) in [6, 6.07) is 7.46. The minimum Gasteiger partial charge on any atom is -0.507 e. The Morgan fingerprint density at radius 3 is 2.56 bits per heavy atom. The summed E-state index contributed by atoms with van der Waals surface area (Å²) in [5.74, 6) is -0.288. The molecule has 0 aliphatic heterocycles. The number of hydrogen-bond donors (Lipinski definition) is 2. The largest absolute Gasteiger partial charge is 0.507 e. The van der Waals surface area contributed by atoms with Crippen LogP contribution in [0.2, 0.25) is 0 Å². The van der Waals surface area contributed by atoms with Gasteiger partial charge in [0, 0.05) is 36.2 Å². The van der Waals surface area contributed by atoms with Crippen LogP contribution in [0.25, 0.3) is 11.1 Å². The van der Waals surface area contributed by atoms with Crippen molar-refractivity contribution in [2.75, 3.05) is 38.7 Å². The average molecular weight is 413 g/mol. The number of rotatable bonds is 9. The number of nitrogens with zero attached hydrogens (tertiary/aromatic N) is 1. The predicted molar refractivity (Wildman–Crippen MR) is 109 cm³/mol. The van der Waals surface area contributed by atoms with Crippen LogP contribution in [0.1, 0.15) is 10.4 Å². The normalized spacial score (nSPS) is 11.0. The highest BCUT2D eigenvalue weighted by molar-refractivity contribution is 8.76. The Morgan fingerprint density at radius 2 is 1.85 bits per heavy atom. The molecule has 27 heavy (non-hydrogen) atoms. The highest BCUT2D eigenvalue weighted by atomic mass is 33.1. The molecule has 146 valence electrons. The fourth-order valence-electron chi connectivity index (χ4n) is 2.25. The molecule has 0 heterocycles. The summed E-state index contributed by atoms with van der Waals surface area (Å²) in [6.07, 6.45) is 0. The van der Waals surface area contributed by atoms with E-state index in [1.165, 1.54) is 24.3 Å². The minimum atomic E-state index is -0.724. The molecule has 0 fully saturated rings. The van der Waals surface area contributed by atoms with E-state index >= 15 is 0 Å². The van der Waals surface area contributed by atoms with Gasteiger partial charge in [0.15, 0.2) is 0 Å². The zero-order chi connectivity index (χ0) is 19.8. The summed E-state index contributed by atoms with van der Waals surface area (Å²) < 4.78 is 27.0. The fourth-order valence-corrected chi connectivity index (χ4v) is 4.29. The topological polar surface area (TPSA) is 52.6 Å². The van der Waals surface area contributed by atoms with E-state index in [1.807, 2.05) is 14.1 Å². The van der Waals surface area contributed by atoms with Crippen molar-refractivity contribution in [1.82, 2.24) is 10.2 Å². The molecule has 0 saturated carbocycles. The van der Waals surface area contributed by atoms with Gasteiger partial charge in [-0.05, 0) is 43.9 Å². The third kappa shape index (κ3) is 6.71. The molecule has 0 atom stereocenters. The molecule has 2 rings (SSSR count). The lowest BCUT2D eigenvalue weighted by atomic mass is 10.0. The lowest BCUT2D eigenvalue weighted by molar-refractivity contribution is 0.0953. The van der Waals surface area contributed by atoms with E-state index in [1.54, 1.807) is 21.6 Å². The summed E-state index contributed by atoms with van der Waals surface area (Å²) in [6.45, 7) is 1.44. The highest BCUT2D eigenvalue weighted by Crippen LogP contribution is 2.28. The van der Waals surface area contributed by atoms with Gasteiger partial charge >= 0.3 is 0 Å². The van der Waals surface area contributed by atoms with Gasteiger partial charge in [0.2, 0.25) is 0 Å². The molecule has 0 aliphatic carbocycles. The number of carbonyl (C=O) groups is 1. The van der Waals surface area contributed by atoms with Crippen LogP contribution in [0, 0.1) is 11.6 Å². The molecule has 4 nitrogen and oxygen atoms in total. The predicted octanol–water partition coefficient (Wildman–Crippen LogP) is 4.01. The van der Waals surface area contributed by atoms with Gasteiger partial charge in [-0.25, -0.2) is 8.78 Å². The molecular weight excluding hydrogens is 390 g/mol. The molecule has 1 amide bonds. The maximum absolute atomic E-state index is 14.0. The van der Waals surface area contributed by atoms with Gasteiger partial charge in [0.25, 0.3) is 5.91 Å². The number of phenols is 1. The Labute approximate surface area is 165 Å². The molecule has 0 saturated heterocycles. The van der Waals surface area contributed by atoms with Gasteiger partial charge in [-0.3, -0.25) is 4.79 Å². The fraction of sp³-hybridized carbons (Fsp3) is 0.316. The first-order valence-corrected chi connectivity index (χ1v) is 10.8. The van der Waals surface area contributed by atoms with Crippen LogP contribution >= 0.6 is 21.6 Å². The average Bonchev–Trinajstić information content (AvgIpc) is 2.61. The molecule has 0 bridgehead atoms. The number of benzene rings is 2. The van der Waals surface area contributed by atoms with Gasteiger partial charge < -0.3 is 15.3 Å². The van der Waals surface area contributed by atoms with E-state index in [9.17, 15) is 18.7 Å². The number of halogens is 2. The first kappa shape index (κ1) is 21.5. The van der Waals surface area contributed by atoms with E-state index in [0.29, 0.717) is 12.1 Å². The van der Waals surface area contributed by atoms with Crippen LogP contribution in [0.3, 0.4) is 0 Å². The van der Waals surface area contributed by atoms with Crippen molar-refractivity contribution in [2.45, 2.75) is 0 Å². The quantitative estimate of drug-likeness (QED) is 0.481. The van der Waals surface area contributed by atoms with Crippen molar-refractivity contribution in [3.8, 4) is 16.9 Å². The van der Waals surface area contributed by atoms with Crippen LogP contribution in [0.5, 0.6) is 5.75 Å². The number of aromatic hydroxyl groups is 1. The Morgan fingerprint density at radius 1 is 1.11 bits per heavy atom. The molecule has 2 N–H and O–H groups in total. The Hall–Kier alpha value is -1.77. The number of phenolic OH excluding ortho intramolecular Hbond substituents is 1. The van der Waals surface area contributed by atoms with E-state index in [-0.39, 0.29) is 16.9 Å². The van der Waals surface area contributed by atoms with Crippen LogP contribution in [-0.2, 0) is 0 Å². The summed E-state index contributed by atoms with van der Waals surface area (Å²) in [5, 5.41) is 12.7. The smallest absolute Gasteiger partial charge is 0.255 e. The molecule has 0 aromatic heterocycles. The molecule has 0 unspecified atom stereocenters. The molecule has 0 aliphatic rings. The summed E-state index contributed by atoms with van der Waals surface area (Å²) in [5.41, 5.74) is 0.615. The SMILES string of the molecule is CN(C)CCSSCCNC(=O)c1cc(-c2ccc(F)cc2F)ccc1O. The Kier molecular flexibility index (Phi) is 8.40. The third-order valence-electron chi connectivity index (χ3n) is 3.66. The van der Waals surface area contributed by atoms with E-state index in [4.69, 9.17) is 0 Å². The first-order chi connectivity index (χ1) is 12.9. The van der Waals surface area contributed by atoms with Crippen molar-refractivity contribution < 1.29 is 18.7 Å². The van der Waals surface area contributed by atoms with Crippen LogP contribution in [-0.4, -0.2) is 54.6 Å². The number of nitrogens with one attached hydrogen (secondary N) is 1. The highest BCUT2D eigenvalue weighted by Gasteiger charge is 2.14. The molecular formula is C19H22F2N2O2S2. The Balaban J connectivity index is 1.94.